The molecule has 0 atom stereocenters. The standard InChI is InChI=1S/C21H21BrN4OS2/c1-3-25(4-2)9-10-26(21-24-17-8-6-15(22)12-19(17)29-21)20(27)14-5-7-16-18(11-14)28-13-23-16/h5-8,11-13H,3-4,9-10H2,1-2H3. The molecule has 5 nitrogen and oxygen atoms in total. The minimum absolute atomic E-state index is 0.0226. The summed E-state index contributed by atoms with van der Waals surface area (Å²) in [5.41, 5.74) is 4.31. The smallest absolute Gasteiger partial charge is 0.260 e. The van der Waals surface area contributed by atoms with Gasteiger partial charge in [0.15, 0.2) is 5.13 Å². The minimum atomic E-state index is -0.0226. The van der Waals surface area contributed by atoms with Crippen molar-refractivity contribution in [2.45, 2.75) is 13.8 Å². The van der Waals surface area contributed by atoms with Crippen molar-refractivity contribution >= 4 is 70.1 Å². The van der Waals surface area contributed by atoms with Crippen molar-refractivity contribution in [3.63, 3.8) is 0 Å². The fourth-order valence-corrected chi connectivity index (χ4v) is 5.47. The van der Waals surface area contributed by atoms with Gasteiger partial charge in [-0.1, -0.05) is 41.1 Å². The molecule has 8 heteroatoms. The Morgan fingerprint density at radius 1 is 1.03 bits per heavy atom. The molecule has 0 aliphatic carbocycles. The molecule has 0 bridgehead atoms. The van der Waals surface area contributed by atoms with Gasteiger partial charge in [-0.25, -0.2) is 9.97 Å². The first-order valence-corrected chi connectivity index (χ1v) is 12.0. The lowest BCUT2D eigenvalue weighted by molar-refractivity contribution is 0.0984. The predicted molar refractivity (Wildman–Crippen MR) is 126 cm³/mol. The summed E-state index contributed by atoms with van der Waals surface area (Å²) in [6, 6.07) is 11.7. The van der Waals surface area contributed by atoms with Crippen molar-refractivity contribution in [3.05, 3.63) is 51.9 Å². The van der Waals surface area contributed by atoms with E-state index in [4.69, 9.17) is 4.98 Å². The molecule has 0 unspecified atom stereocenters. The molecule has 0 saturated carbocycles. The molecule has 0 spiro atoms. The van der Waals surface area contributed by atoms with Crippen molar-refractivity contribution in [2.24, 2.45) is 0 Å². The highest BCUT2D eigenvalue weighted by molar-refractivity contribution is 9.10. The number of carbonyl (C=O) groups excluding carboxylic acids is 1. The topological polar surface area (TPSA) is 49.3 Å². The number of rotatable bonds is 7. The molecule has 0 fully saturated rings. The Morgan fingerprint density at radius 2 is 1.83 bits per heavy atom. The quantitative estimate of drug-likeness (QED) is 0.336. The minimum Gasteiger partial charge on any atom is -0.302 e. The molecule has 0 saturated heterocycles. The number of carbonyl (C=O) groups is 1. The van der Waals surface area contributed by atoms with Gasteiger partial charge in [0.05, 0.1) is 25.9 Å². The van der Waals surface area contributed by atoms with Crippen molar-refractivity contribution in [1.82, 2.24) is 14.9 Å². The Morgan fingerprint density at radius 3 is 2.62 bits per heavy atom. The summed E-state index contributed by atoms with van der Waals surface area (Å²) in [6.07, 6.45) is 0. The summed E-state index contributed by atoms with van der Waals surface area (Å²) in [7, 11) is 0. The zero-order chi connectivity index (χ0) is 20.4. The average Bonchev–Trinajstić information content (AvgIpc) is 3.36. The van der Waals surface area contributed by atoms with Crippen LogP contribution >= 0.6 is 38.6 Å². The summed E-state index contributed by atoms with van der Waals surface area (Å²) in [5, 5.41) is 0.736. The molecule has 2 heterocycles. The Labute approximate surface area is 186 Å². The third-order valence-electron chi connectivity index (χ3n) is 4.93. The molecule has 2 aromatic heterocycles. The number of amides is 1. The van der Waals surface area contributed by atoms with E-state index in [1.165, 1.54) is 0 Å². The van der Waals surface area contributed by atoms with Gasteiger partial charge in [-0.15, -0.1) is 11.3 Å². The average molecular weight is 489 g/mol. The number of halogens is 1. The first kappa shape index (κ1) is 20.4. The molecule has 0 radical (unpaired) electrons. The number of aromatic nitrogens is 2. The van der Waals surface area contributed by atoms with E-state index in [1.54, 1.807) is 22.7 Å². The number of likely N-dealkylation sites (N-methyl/N-ethyl adjacent to an activating group) is 1. The number of benzene rings is 2. The third-order valence-corrected chi connectivity index (χ3v) is 7.25. The third kappa shape index (κ3) is 4.35. The van der Waals surface area contributed by atoms with Gasteiger partial charge in [-0.05, 0) is 49.5 Å². The summed E-state index contributed by atoms with van der Waals surface area (Å²) >= 11 is 6.62. The molecular formula is C21H21BrN4OS2. The van der Waals surface area contributed by atoms with Gasteiger partial charge in [-0.2, -0.15) is 0 Å². The van der Waals surface area contributed by atoms with Gasteiger partial charge < -0.3 is 4.90 Å². The lowest BCUT2D eigenvalue weighted by Gasteiger charge is -2.24. The van der Waals surface area contributed by atoms with Gasteiger partial charge in [0.1, 0.15) is 0 Å². The van der Waals surface area contributed by atoms with Crippen LogP contribution in [0.2, 0.25) is 0 Å². The molecule has 2 aromatic carbocycles. The van der Waals surface area contributed by atoms with E-state index >= 15 is 0 Å². The predicted octanol–water partition coefficient (Wildman–Crippen LogP) is 5.66. The highest BCUT2D eigenvalue weighted by Gasteiger charge is 2.22. The number of anilines is 1. The Hall–Kier alpha value is -1.87. The van der Waals surface area contributed by atoms with E-state index < -0.39 is 0 Å². The van der Waals surface area contributed by atoms with Gasteiger partial charge in [-0.3, -0.25) is 9.69 Å². The van der Waals surface area contributed by atoms with E-state index in [0.29, 0.717) is 12.1 Å². The van der Waals surface area contributed by atoms with Crippen LogP contribution in [0.15, 0.2) is 46.4 Å². The van der Waals surface area contributed by atoms with Gasteiger partial charge in [0.2, 0.25) is 0 Å². The van der Waals surface area contributed by atoms with Crippen LogP contribution in [0.4, 0.5) is 5.13 Å². The number of hydrogen-bond donors (Lipinski definition) is 0. The van der Waals surface area contributed by atoms with Crippen LogP contribution in [0.1, 0.15) is 24.2 Å². The lowest BCUT2D eigenvalue weighted by Crippen LogP contribution is -2.38. The van der Waals surface area contributed by atoms with Crippen LogP contribution in [0.3, 0.4) is 0 Å². The maximum atomic E-state index is 13.5. The second-order valence-electron chi connectivity index (χ2n) is 6.63. The van der Waals surface area contributed by atoms with Crippen LogP contribution in [0.25, 0.3) is 20.4 Å². The van der Waals surface area contributed by atoms with Crippen molar-refractivity contribution in [2.75, 3.05) is 31.1 Å². The largest absolute Gasteiger partial charge is 0.302 e. The number of thiazole rings is 2. The molecule has 150 valence electrons. The molecule has 1 amide bonds. The van der Waals surface area contributed by atoms with E-state index in [1.807, 2.05) is 46.8 Å². The first-order valence-electron chi connectivity index (χ1n) is 9.52. The van der Waals surface area contributed by atoms with E-state index in [9.17, 15) is 4.79 Å². The Balaban J connectivity index is 1.70. The van der Waals surface area contributed by atoms with Crippen molar-refractivity contribution < 1.29 is 4.79 Å². The maximum absolute atomic E-state index is 13.5. The SMILES string of the molecule is CCN(CC)CCN(C(=O)c1ccc2ncsc2c1)c1nc2ccc(Br)cc2s1. The zero-order valence-electron chi connectivity index (χ0n) is 16.3. The summed E-state index contributed by atoms with van der Waals surface area (Å²) < 4.78 is 3.09. The Kier molecular flexibility index (Phi) is 6.24. The monoisotopic (exact) mass is 488 g/mol. The first-order chi connectivity index (χ1) is 14.1. The summed E-state index contributed by atoms with van der Waals surface area (Å²) in [5.74, 6) is -0.0226. The number of hydrogen-bond acceptors (Lipinski definition) is 6. The normalized spacial score (nSPS) is 11.6. The lowest BCUT2D eigenvalue weighted by atomic mass is 10.2. The van der Waals surface area contributed by atoms with Gasteiger partial charge >= 0.3 is 0 Å². The van der Waals surface area contributed by atoms with Crippen LogP contribution in [0.5, 0.6) is 0 Å². The van der Waals surface area contributed by atoms with E-state index in [-0.39, 0.29) is 5.91 Å². The van der Waals surface area contributed by atoms with Crippen LogP contribution in [-0.2, 0) is 0 Å². The second kappa shape index (κ2) is 8.87. The maximum Gasteiger partial charge on any atom is 0.260 e. The fourth-order valence-electron chi connectivity index (χ4n) is 3.21. The van der Waals surface area contributed by atoms with Crippen molar-refractivity contribution in [3.8, 4) is 0 Å². The van der Waals surface area contributed by atoms with E-state index in [0.717, 1.165) is 49.7 Å². The van der Waals surface area contributed by atoms with Crippen LogP contribution in [-0.4, -0.2) is 47.0 Å². The highest BCUT2D eigenvalue weighted by atomic mass is 79.9. The van der Waals surface area contributed by atoms with Gasteiger partial charge in [0, 0.05) is 23.1 Å². The van der Waals surface area contributed by atoms with Crippen LogP contribution in [0, 0.1) is 0 Å². The molecule has 29 heavy (non-hydrogen) atoms. The number of nitrogens with zero attached hydrogens (tertiary/aromatic N) is 4. The Bertz CT molecular complexity index is 1150. The molecule has 0 aliphatic heterocycles. The fraction of sp³-hybridized carbons (Fsp3) is 0.286. The van der Waals surface area contributed by atoms with Crippen LogP contribution < -0.4 is 4.90 Å². The molecule has 4 aromatic rings. The summed E-state index contributed by atoms with van der Waals surface area (Å²) in [6.45, 7) is 7.60. The molecule has 0 aliphatic rings. The number of fused-ring (bicyclic) bond motifs is 2. The second-order valence-corrected chi connectivity index (χ2v) is 9.44. The van der Waals surface area contributed by atoms with E-state index in [2.05, 4.69) is 39.7 Å². The van der Waals surface area contributed by atoms with Gasteiger partial charge in [0.25, 0.3) is 5.91 Å². The molecule has 0 N–H and O–H groups in total. The molecule has 4 rings (SSSR count). The summed E-state index contributed by atoms with van der Waals surface area (Å²) in [4.78, 5) is 26.7. The molecular weight excluding hydrogens is 468 g/mol. The van der Waals surface area contributed by atoms with Crippen molar-refractivity contribution in [1.29, 1.82) is 0 Å². The highest BCUT2D eigenvalue weighted by Crippen LogP contribution is 2.32. The zero-order valence-corrected chi connectivity index (χ0v) is 19.5.